The van der Waals surface area contributed by atoms with Gasteiger partial charge in [0.15, 0.2) is 0 Å². The topological polar surface area (TPSA) is 32.3 Å². The summed E-state index contributed by atoms with van der Waals surface area (Å²) in [5.74, 6) is 1.06. The van der Waals surface area contributed by atoms with Gasteiger partial charge in [-0.3, -0.25) is 4.79 Å². The van der Waals surface area contributed by atoms with Crippen molar-refractivity contribution < 1.29 is 4.79 Å². The van der Waals surface area contributed by atoms with Crippen LogP contribution >= 0.6 is 11.3 Å². The molecule has 130 valence electrons. The van der Waals surface area contributed by atoms with E-state index in [-0.39, 0.29) is 5.91 Å². The molecule has 25 heavy (non-hydrogen) atoms. The molecule has 0 bridgehead atoms. The number of benzene rings is 1. The van der Waals surface area contributed by atoms with Crippen molar-refractivity contribution in [2.45, 2.75) is 32.2 Å². The van der Waals surface area contributed by atoms with Crippen LogP contribution in [0.2, 0.25) is 0 Å². The van der Waals surface area contributed by atoms with Gasteiger partial charge in [-0.15, -0.1) is 11.3 Å². The molecular weight excluding hydrogens is 328 g/mol. The summed E-state index contributed by atoms with van der Waals surface area (Å²) in [4.78, 5) is 16.0. The SMILES string of the molecule is CCN(CC)C(=O)c1ccc2c(c1)C1C=CCC1C(c1cccs1)N2. The molecular formula is C21H24N2OS. The van der Waals surface area contributed by atoms with Crippen LogP contribution in [0.4, 0.5) is 5.69 Å². The van der Waals surface area contributed by atoms with Gasteiger partial charge < -0.3 is 10.2 Å². The third-order valence-electron chi connectivity index (χ3n) is 5.51. The number of allylic oxidation sites excluding steroid dienone is 2. The number of carbonyl (C=O) groups is 1. The van der Waals surface area contributed by atoms with Crippen molar-refractivity contribution in [2.24, 2.45) is 5.92 Å². The van der Waals surface area contributed by atoms with Gasteiger partial charge >= 0.3 is 0 Å². The smallest absolute Gasteiger partial charge is 0.253 e. The molecule has 0 radical (unpaired) electrons. The van der Waals surface area contributed by atoms with Gasteiger partial charge in [-0.05, 0) is 61.4 Å². The molecule has 1 aliphatic heterocycles. The summed E-state index contributed by atoms with van der Waals surface area (Å²) in [6.07, 6.45) is 5.72. The van der Waals surface area contributed by atoms with Crippen LogP contribution in [-0.4, -0.2) is 23.9 Å². The molecule has 1 N–H and O–H groups in total. The number of thiophene rings is 1. The maximum Gasteiger partial charge on any atom is 0.253 e. The highest BCUT2D eigenvalue weighted by Gasteiger charge is 2.38. The van der Waals surface area contributed by atoms with Crippen molar-refractivity contribution in [2.75, 3.05) is 18.4 Å². The molecule has 2 aliphatic rings. The second-order valence-electron chi connectivity index (χ2n) is 6.77. The maximum absolute atomic E-state index is 12.7. The minimum absolute atomic E-state index is 0.131. The molecule has 3 atom stereocenters. The van der Waals surface area contributed by atoms with Crippen LogP contribution in [0.3, 0.4) is 0 Å². The molecule has 3 nitrogen and oxygen atoms in total. The summed E-state index contributed by atoms with van der Waals surface area (Å²) in [6, 6.07) is 10.9. The standard InChI is InChI=1S/C21H24N2OS/c1-3-23(4-2)21(24)14-10-11-18-17(13-14)15-7-5-8-16(15)20(22-18)19-9-6-12-25-19/h5-7,9-13,15-16,20,22H,3-4,8H2,1-2H3. The van der Waals surface area contributed by atoms with Gasteiger partial charge in [0.1, 0.15) is 0 Å². The summed E-state index contributed by atoms with van der Waals surface area (Å²) < 4.78 is 0. The van der Waals surface area contributed by atoms with E-state index in [2.05, 4.69) is 47.1 Å². The fourth-order valence-electron chi connectivity index (χ4n) is 4.17. The molecule has 0 saturated carbocycles. The number of hydrogen-bond donors (Lipinski definition) is 1. The van der Waals surface area contributed by atoms with Crippen molar-refractivity contribution in [3.05, 3.63) is 63.9 Å². The molecule has 1 aliphatic carbocycles. The monoisotopic (exact) mass is 352 g/mol. The zero-order valence-electron chi connectivity index (χ0n) is 14.7. The molecule has 0 saturated heterocycles. The van der Waals surface area contributed by atoms with Gasteiger partial charge in [0.25, 0.3) is 5.91 Å². The van der Waals surface area contributed by atoms with E-state index in [9.17, 15) is 4.79 Å². The van der Waals surface area contributed by atoms with Crippen molar-refractivity contribution in [3.63, 3.8) is 0 Å². The highest BCUT2D eigenvalue weighted by Crippen LogP contribution is 2.50. The van der Waals surface area contributed by atoms with E-state index in [1.54, 1.807) is 0 Å². The number of carbonyl (C=O) groups excluding carboxylic acids is 1. The average molecular weight is 353 g/mol. The van der Waals surface area contributed by atoms with Crippen LogP contribution in [0, 0.1) is 5.92 Å². The zero-order chi connectivity index (χ0) is 17.4. The van der Waals surface area contributed by atoms with Gasteiger partial charge in [0, 0.05) is 35.1 Å². The number of nitrogens with one attached hydrogen (secondary N) is 1. The quantitative estimate of drug-likeness (QED) is 0.780. The van der Waals surface area contributed by atoms with Crippen molar-refractivity contribution in [1.29, 1.82) is 0 Å². The van der Waals surface area contributed by atoms with E-state index in [1.807, 2.05) is 36.2 Å². The first kappa shape index (κ1) is 16.4. The first-order valence-electron chi connectivity index (χ1n) is 9.12. The Bertz CT molecular complexity index is 792. The fourth-order valence-corrected chi connectivity index (χ4v) is 5.02. The molecule has 4 heteroatoms. The Hall–Kier alpha value is -2.07. The summed E-state index contributed by atoms with van der Waals surface area (Å²) >= 11 is 1.82. The van der Waals surface area contributed by atoms with Gasteiger partial charge in [-0.2, -0.15) is 0 Å². The number of nitrogens with zero attached hydrogens (tertiary/aromatic N) is 1. The summed E-state index contributed by atoms with van der Waals surface area (Å²) in [5, 5.41) is 5.89. The van der Waals surface area contributed by atoms with Gasteiger partial charge in [-0.1, -0.05) is 18.2 Å². The fraction of sp³-hybridized carbons (Fsp3) is 0.381. The zero-order valence-corrected chi connectivity index (χ0v) is 15.6. The predicted octanol–water partition coefficient (Wildman–Crippen LogP) is 5.06. The first-order chi connectivity index (χ1) is 12.2. The Kier molecular flexibility index (Phi) is 4.38. The minimum Gasteiger partial charge on any atom is -0.377 e. The lowest BCUT2D eigenvalue weighted by molar-refractivity contribution is 0.0773. The molecule has 2 heterocycles. The number of fused-ring (bicyclic) bond motifs is 3. The predicted molar refractivity (Wildman–Crippen MR) is 104 cm³/mol. The third kappa shape index (κ3) is 2.78. The molecule has 1 amide bonds. The number of amides is 1. The van der Waals surface area contributed by atoms with Crippen LogP contribution in [-0.2, 0) is 0 Å². The van der Waals surface area contributed by atoms with Crippen LogP contribution < -0.4 is 5.32 Å². The molecule has 2 aromatic rings. The van der Waals surface area contributed by atoms with E-state index >= 15 is 0 Å². The second kappa shape index (κ2) is 6.68. The van der Waals surface area contributed by atoms with Crippen molar-refractivity contribution >= 4 is 22.9 Å². The summed E-state index contributed by atoms with van der Waals surface area (Å²) in [6.45, 7) is 5.56. The van der Waals surface area contributed by atoms with E-state index in [1.165, 1.54) is 16.1 Å². The Labute approximate surface area is 153 Å². The molecule has 0 spiro atoms. The van der Waals surface area contributed by atoms with E-state index in [4.69, 9.17) is 0 Å². The summed E-state index contributed by atoms with van der Waals surface area (Å²) in [7, 11) is 0. The molecule has 1 aromatic heterocycles. The lowest BCUT2D eigenvalue weighted by atomic mass is 9.78. The second-order valence-corrected chi connectivity index (χ2v) is 7.75. The molecule has 4 rings (SSSR count). The number of anilines is 1. The van der Waals surface area contributed by atoms with Gasteiger partial charge in [0.2, 0.25) is 0 Å². The molecule has 0 fully saturated rings. The lowest BCUT2D eigenvalue weighted by Gasteiger charge is -2.37. The van der Waals surface area contributed by atoms with Crippen molar-refractivity contribution in [3.8, 4) is 0 Å². The van der Waals surface area contributed by atoms with Crippen LogP contribution in [0.25, 0.3) is 0 Å². The summed E-state index contributed by atoms with van der Waals surface area (Å²) in [5.41, 5.74) is 3.24. The Morgan fingerprint density at radius 1 is 1.28 bits per heavy atom. The number of rotatable bonds is 4. The Morgan fingerprint density at radius 3 is 2.84 bits per heavy atom. The highest BCUT2D eigenvalue weighted by atomic mass is 32.1. The average Bonchev–Trinajstić information content (AvgIpc) is 3.33. The first-order valence-corrected chi connectivity index (χ1v) is 10.0. The Morgan fingerprint density at radius 2 is 2.12 bits per heavy atom. The number of hydrogen-bond acceptors (Lipinski definition) is 3. The van der Waals surface area contributed by atoms with E-state index < -0.39 is 0 Å². The molecule has 1 aromatic carbocycles. The van der Waals surface area contributed by atoms with Crippen LogP contribution in [0.5, 0.6) is 0 Å². The highest BCUT2D eigenvalue weighted by molar-refractivity contribution is 7.10. The van der Waals surface area contributed by atoms with Crippen LogP contribution in [0.15, 0.2) is 47.9 Å². The lowest BCUT2D eigenvalue weighted by Crippen LogP contribution is -2.32. The maximum atomic E-state index is 12.7. The van der Waals surface area contributed by atoms with E-state index in [0.29, 0.717) is 17.9 Å². The third-order valence-corrected chi connectivity index (χ3v) is 6.47. The minimum atomic E-state index is 0.131. The van der Waals surface area contributed by atoms with Gasteiger partial charge in [0.05, 0.1) is 6.04 Å². The van der Waals surface area contributed by atoms with Crippen molar-refractivity contribution in [1.82, 2.24) is 4.90 Å². The largest absolute Gasteiger partial charge is 0.377 e. The van der Waals surface area contributed by atoms with E-state index in [0.717, 1.165) is 25.1 Å². The van der Waals surface area contributed by atoms with Crippen LogP contribution in [0.1, 0.15) is 53.0 Å². The Balaban J connectivity index is 1.70. The molecule has 3 unspecified atom stereocenters. The normalized spacial score (nSPS) is 23.7. The van der Waals surface area contributed by atoms with Gasteiger partial charge in [-0.25, -0.2) is 0 Å².